The number of aromatic nitrogens is 3. The maximum absolute atomic E-state index is 12.6. The summed E-state index contributed by atoms with van der Waals surface area (Å²) in [6.07, 6.45) is 0. The van der Waals surface area contributed by atoms with Crippen LogP contribution >= 0.6 is 27.7 Å². The third-order valence-electron chi connectivity index (χ3n) is 4.61. The molecule has 0 radical (unpaired) electrons. The lowest BCUT2D eigenvalue weighted by Gasteiger charge is -2.15. The summed E-state index contributed by atoms with van der Waals surface area (Å²) in [6.45, 7) is 4.44. The van der Waals surface area contributed by atoms with Crippen molar-refractivity contribution in [1.29, 1.82) is 0 Å². The van der Waals surface area contributed by atoms with Crippen LogP contribution < -0.4 is 15.4 Å². The third kappa shape index (κ3) is 6.10. The minimum Gasteiger partial charge on any atom is -0.497 e. The summed E-state index contributed by atoms with van der Waals surface area (Å²) in [6, 6.07) is 13.9. The fourth-order valence-electron chi connectivity index (χ4n) is 2.97. The summed E-state index contributed by atoms with van der Waals surface area (Å²) in [5, 5.41) is 14.9. The number of amides is 2. The quantitative estimate of drug-likeness (QED) is 0.410. The van der Waals surface area contributed by atoms with E-state index in [1.807, 2.05) is 42.7 Å². The number of hydrogen-bond donors (Lipinski definition) is 2. The highest BCUT2D eigenvalue weighted by molar-refractivity contribution is 9.10. The fraction of sp³-hybridized carbons (Fsp3) is 0.273. The normalized spacial score (nSPS) is 11.6. The van der Waals surface area contributed by atoms with Gasteiger partial charge in [0.2, 0.25) is 5.91 Å². The Balaban J connectivity index is 1.60. The summed E-state index contributed by atoms with van der Waals surface area (Å²) >= 11 is 4.67. The van der Waals surface area contributed by atoms with E-state index in [1.165, 1.54) is 11.8 Å². The summed E-state index contributed by atoms with van der Waals surface area (Å²) in [5.41, 5.74) is 1.26. The molecule has 10 heteroatoms. The molecule has 32 heavy (non-hydrogen) atoms. The van der Waals surface area contributed by atoms with Crippen molar-refractivity contribution in [2.45, 2.75) is 31.6 Å². The van der Waals surface area contributed by atoms with Gasteiger partial charge in [-0.2, -0.15) is 0 Å². The van der Waals surface area contributed by atoms with Crippen LogP contribution in [0.4, 0.5) is 5.69 Å². The molecule has 0 aliphatic carbocycles. The molecule has 0 aliphatic rings. The molecule has 2 aromatic carbocycles. The van der Waals surface area contributed by atoms with Gasteiger partial charge in [0.15, 0.2) is 11.0 Å². The zero-order valence-electron chi connectivity index (χ0n) is 18.0. The third-order valence-corrected chi connectivity index (χ3v) is 6.10. The molecule has 8 nitrogen and oxygen atoms in total. The van der Waals surface area contributed by atoms with E-state index in [0.29, 0.717) is 28.8 Å². The predicted molar refractivity (Wildman–Crippen MR) is 128 cm³/mol. The van der Waals surface area contributed by atoms with Gasteiger partial charge < -0.3 is 19.9 Å². The standard InChI is InChI=1S/C22H24BrN5O3S/c1-4-28-20(14(2)24-21(30)15-5-11-18(31-3)12-6-15)26-27-22(28)32-13-19(29)25-17-9-7-16(23)8-10-17/h5-12,14H,4,13H2,1-3H3,(H,24,30)(H,25,29)/t14-/m1/s1. The Morgan fingerprint density at radius 2 is 1.81 bits per heavy atom. The molecule has 0 saturated heterocycles. The van der Waals surface area contributed by atoms with Crippen LogP contribution in [0.1, 0.15) is 36.1 Å². The number of thioether (sulfide) groups is 1. The van der Waals surface area contributed by atoms with E-state index < -0.39 is 0 Å². The average Bonchev–Trinajstić information content (AvgIpc) is 3.22. The lowest BCUT2D eigenvalue weighted by Crippen LogP contribution is -2.28. The number of anilines is 1. The Morgan fingerprint density at radius 1 is 1.12 bits per heavy atom. The van der Waals surface area contributed by atoms with Crippen LogP contribution in [0.15, 0.2) is 58.2 Å². The van der Waals surface area contributed by atoms with Crippen molar-refractivity contribution in [3.63, 3.8) is 0 Å². The molecule has 0 unspecified atom stereocenters. The van der Waals surface area contributed by atoms with Crippen LogP contribution in [0.25, 0.3) is 0 Å². The Morgan fingerprint density at radius 3 is 2.44 bits per heavy atom. The number of methoxy groups -OCH3 is 1. The molecule has 0 bridgehead atoms. The molecule has 3 rings (SSSR count). The number of carbonyl (C=O) groups excluding carboxylic acids is 2. The Labute approximate surface area is 199 Å². The first-order valence-corrected chi connectivity index (χ1v) is 11.7. The lowest BCUT2D eigenvalue weighted by atomic mass is 10.2. The summed E-state index contributed by atoms with van der Waals surface area (Å²) in [4.78, 5) is 24.9. The molecule has 168 valence electrons. The van der Waals surface area contributed by atoms with E-state index in [4.69, 9.17) is 4.74 Å². The zero-order valence-corrected chi connectivity index (χ0v) is 20.4. The number of nitrogens with one attached hydrogen (secondary N) is 2. The maximum Gasteiger partial charge on any atom is 0.251 e. The van der Waals surface area contributed by atoms with Crippen molar-refractivity contribution in [3.8, 4) is 5.75 Å². The first-order chi connectivity index (χ1) is 15.4. The number of hydrogen-bond acceptors (Lipinski definition) is 6. The van der Waals surface area contributed by atoms with Crippen molar-refractivity contribution in [3.05, 3.63) is 64.4 Å². The second-order valence-electron chi connectivity index (χ2n) is 6.85. The Hall–Kier alpha value is -2.85. The first-order valence-electron chi connectivity index (χ1n) is 9.97. The Kier molecular flexibility index (Phi) is 8.29. The van der Waals surface area contributed by atoms with Gasteiger partial charge in [-0.05, 0) is 62.4 Å². The van der Waals surface area contributed by atoms with Crippen LogP contribution in [-0.2, 0) is 11.3 Å². The highest BCUT2D eigenvalue weighted by Gasteiger charge is 2.20. The molecule has 0 aliphatic heterocycles. The van der Waals surface area contributed by atoms with Crippen molar-refractivity contribution >= 4 is 45.2 Å². The SMILES string of the molecule is CCn1c(SCC(=O)Nc2ccc(Br)cc2)nnc1[C@@H](C)NC(=O)c1ccc(OC)cc1. The average molecular weight is 518 g/mol. The molecule has 1 heterocycles. The predicted octanol–water partition coefficient (Wildman–Crippen LogP) is 4.29. The number of nitrogens with zero attached hydrogens (tertiary/aromatic N) is 3. The largest absolute Gasteiger partial charge is 0.497 e. The van der Waals surface area contributed by atoms with Gasteiger partial charge in [0.05, 0.1) is 18.9 Å². The van der Waals surface area contributed by atoms with Gasteiger partial charge in [0.1, 0.15) is 5.75 Å². The first kappa shape index (κ1) is 23.8. The lowest BCUT2D eigenvalue weighted by molar-refractivity contribution is -0.113. The number of carbonyl (C=O) groups is 2. The highest BCUT2D eigenvalue weighted by Crippen LogP contribution is 2.22. The van der Waals surface area contributed by atoms with E-state index in [1.54, 1.807) is 31.4 Å². The molecule has 0 spiro atoms. The van der Waals surface area contributed by atoms with Crippen LogP contribution in [-0.4, -0.2) is 39.4 Å². The molecule has 1 atom stereocenters. The fourth-order valence-corrected chi connectivity index (χ4v) is 4.05. The van der Waals surface area contributed by atoms with E-state index >= 15 is 0 Å². The van der Waals surface area contributed by atoms with Crippen molar-refractivity contribution in [2.75, 3.05) is 18.2 Å². The maximum atomic E-state index is 12.6. The van der Waals surface area contributed by atoms with Crippen molar-refractivity contribution in [2.24, 2.45) is 0 Å². The van der Waals surface area contributed by atoms with E-state index in [2.05, 4.69) is 36.8 Å². The molecular weight excluding hydrogens is 494 g/mol. The van der Waals surface area contributed by atoms with Gasteiger partial charge in [0, 0.05) is 22.3 Å². The molecule has 3 aromatic rings. The summed E-state index contributed by atoms with van der Waals surface area (Å²) < 4.78 is 7.97. The number of rotatable bonds is 9. The molecular formula is C22H24BrN5O3S. The van der Waals surface area contributed by atoms with Crippen LogP contribution in [0.3, 0.4) is 0 Å². The monoisotopic (exact) mass is 517 g/mol. The summed E-state index contributed by atoms with van der Waals surface area (Å²) in [7, 11) is 1.58. The van der Waals surface area contributed by atoms with Gasteiger partial charge >= 0.3 is 0 Å². The van der Waals surface area contributed by atoms with Gasteiger partial charge in [-0.3, -0.25) is 9.59 Å². The molecule has 1 aromatic heterocycles. The van der Waals surface area contributed by atoms with Gasteiger partial charge in [-0.25, -0.2) is 0 Å². The molecule has 0 fully saturated rings. The van der Waals surface area contributed by atoms with Crippen molar-refractivity contribution < 1.29 is 14.3 Å². The second kappa shape index (κ2) is 11.1. The number of ether oxygens (including phenoxy) is 1. The van der Waals surface area contributed by atoms with Gasteiger partial charge in [0.25, 0.3) is 5.91 Å². The van der Waals surface area contributed by atoms with Gasteiger partial charge in [-0.1, -0.05) is 27.7 Å². The Bertz CT molecular complexity index is 1070. The molecule has 2 amide bonds. The smallest absolute Gasteiger partial charge is 0.251 e. The number of benzene rings is 2. The van der Waals surface area contributed by atoms with Crippen LogP contribution in [0, 0.1) is 0 Å². The number of halogens is 1. The minimum absolute atomic E-state index is 0.134. The van der Waals surface area contributed by atoms with Crippen molar-refractivity contribution in [1.82, 2.24) is 20.1 Å². The van der Waals surface area contributed by atoms with E-state index in [-0.39, 0.29) is 23.6 Å². The molecule has 0 saturated carbocycles. The highest BCUT2D eigenvalue weighted by atomic mass is 79.9. The van der Waals surface area contributed by atoms with Gasteiger partial charge in [-0.15, -0.1) is 10.2 Å². The van der Waals surface area contributed by atoms with Crippen LogP contribution in [0.2, 0.25) is 0 Å². The van der Waals surface area contributed by atoms with E-state index in [0.717, 1.165) is 10.2 Å². The van der Waals surface area contributed by atoms with Crippen LogP contribution in [0.5, 0.6) is 5.75 Å². The molecule has 2 N–H and O–H groups in total. The summed E-state index contributed by atoms with van der Waals surface area (Å²) in [5.74, 6) is 1.16. The van der Waals surface area contributed by atoms with E-state index in [9.17, 15) is 9.59 Å². The topological polar surface area (TPSA) is 98.1 Å². The zero-order chi connectivity index (χ0) is 23.1. The minimum atomic E-state index is -0.358. The second-order valence-corrected chi connectivity index (χ2v) is 8.71.